The lowest BCUT2D eigenvalue weighted by Crippen LogP contribution is -2.52. The first kappa shape index (κ1) is 12.8. The summed E-state index contributed by atoms with van der Waals surface area (Å²) < 4.78 is 5.60. The molecule has 2 N–H and O–H groups in total. The molecule has 4 nitrogen and oxygen atoms in total. The summed E-state index contributed by atoms with van der Waals surface area (Å²) in [6, 6.07) is 0.134. The molecule has 0 bridgehead atoms. The minimum Gasteiger partial charge on any atom is -0.377 e. The lowest BCUT2D eigenvalue weighted by atomic mass is 9.91. The molecule has 0 radical (unpaired) electrons. The molecule has 17 heavy (non-hydrogen) atoms. The molecule has 4 heteroatoms. The minimum absolute atomic E-state index is 0.0700. The van der Waals surface area contributed by atoms with Crippen LogP contribution in [-0.2, 0) is 9.53 Å². The molecule has 2 rings (SSSR count). The largest absolute Gasteiger partial charge is 0.377 e. The van der Waals surface area contributed by atoms with Gasteiger partial charge in [-0.3, -0.25) is 4.79 Å². The summed E-state index contributed by atoms with van der Waals surface area (Å²) in [6.07, 6.45) is 2.95. The van der Waals surface area contributed by atoms with Crippen molar-refractivity contribution in [1.82, 2.24) is 4.90 Å². The van der Waals surface area contributed by atoms with Gasteiger partial charge in [-0.1, -0.05) is 13.8 Å². The first-order chi connectivity index (χ1) is 8.13. The van der Waals surface area contributed by atoms with Crippen molar-refractivity contribution < 1.29 is 9.53 Å². The third kappa shape index (κ3) is 2.63. The zero-order chi connectivity index (χ0) is 12.4. The number of nitrogens with two attached hydrogens (primary N) is 1. The molecule has 98 valence electrons. The number of rotatable bonds is 2. The summed E-state index contributed by atoms with van der Waals surface area (Å²) in [7, 11) is 0. The minimum atomic E-state index is 0.0700. The number of nitrogens with zero attached hydrogens (tertiary/aromatic N) is 1. The summed E-state index contributed by atoms with van der Waals surface area (Å²) in [6.45, 7) is 6.55. The molecule has 0 aromatic rings. The first-order valence-corrected chi connectivity index (χ1v) is 6.79. The average molecular weight is 240 g/mol. The predicted octanol–water partition coefficient (Wildman–Crippen LogP) is 0.997. The smallest absolute Gasteiger partial charge is 0.228 e. The highest BCUT2D eigenvalue weighted by Crippen LogP contribution is 2.27. The van der Waals surface area contributed by atoms with Crippen LogP contribution in [-0.4, -0.2) is 42.6 Å². The van der Waals surface area contributed by atoms with Crippen molar-refractivity contribution in [2.75, 3.05) is 19.7 Å². The van der Waals surface area contributed by atoms with Crippen molar-refractivity contribution in [3.63, 3.8) is 0 Å². The van der Waals surface area contributed by atoms with E-state index in [-0.39, 0.29) is 24.0 Å². The fraction of sp³-hybridized carbons (Fsp3) is 0.923. The van der Waals surface area contributed by atoms with Crippen LogP contribution in [0.3, 0.4) is 0 Å². The second kappa shape index (κ2) is 5.36. The van der Waals surface area contributed by atoms with E-state index in [1.165, 1.54) is 0 Å². The Balaban J connectivity index is 1.95. The number of amides is 1. The maximum absolute atomic E-state index is 12.4. The fourth-order valence-electron chi connectivity index (χ4n) is 2.87. The van der Waals surface area contributed by atoms with Gasteiger partial charge in [0.1, 0.15) is 0 Å². The molecular formula is C13H24N2O2. The fourth-order valence-corrected chi connectivity index (χ4v) is 2.87. The number of carbonyl (C=O) groups is 1. The van der Waals surface area contributed by atoms with Crippen LogP contribution in [0, 0.1) is 11.8 Å². The zero-order valence-corrected chi connectivity index (χ0v) is 10.9. The Labute approximate surface area is 103 Å². The van der Waals surface area contributed by atoms with E-state index in [0.29, 0.717) is 12.5 Å². The number of piperidine rings is 1. The normalized spacial score (nSPS) is 38.4. The summed E-state index contributed by atoms with van der Waals surface area (Å²) in [4.78, 5) is 14.4. The van der Waals surface area contributed by atoms with E-state index in [9.17, 15) is 4.79 Å². The molecule has 4 unspecified atom stereocenters. The second-order valence-electron chi connectivity index (χ2n) is 5.43. The van der Waals surface area contributed by atoms with Gasteiger partial charge >= 0.3 is 0 Å². The van der Waals surface area contributed by atoms with Gasteiger partial charge in [-0.2, -0.15) is 0 Å². The van der Waals surface area contributed by atoms with Crippen molar-refractivity contribution in [3.8, 4) is 0 Å². The Morgan fingerprint density at radius 3 is 2.88 bits per heavy atom. The van der Waals surface area contributed by atoms with E-state index in [2.05, 4.69) is 13.8 Å². The molecule has 2 aliphatic heterocycles. The molecule has 1 amide bonds. The molecule has 2 saturated heterocycles. The van der Waals surface area contributed by atoms with Gasteiger partial charge in [-0.25, -0.2) is 0 Å². The Morgan fingerprint density at radius 2 is 2.24 bits per heavy atom. The Morgan fingerprint density at radius 1 is 1.47 bits per heavy atom. The lowest BCUT2D eigenvalue weighted by Gasteiger charge is -2.37. The quantitative estimate of drug-likeness (QED) is 0.783. The maximum Gasteiger partial charge on any atom is 0.228 e. The molecule has 0 saturated carbocycles. The van der Waals surface area contributed by atoms with Crippen molar-refractivity contribution in [2.24, 2.45) is 17.6 Å². The monoisotopic (exact) mass is 240 g/mol. The van der Waals surface area contributed by atoms with E-state index in [4.69, 9.17) is 10.5 Å². The SMILES string of the molecule is CCC1OCCC1C(=O)N1CCC(C)C(N)C1. The van der Waals surface area contributed by atoms with Crippen LogP contribution in [0.4, 0.5) is 0 Å². The van der Waals surface area contributed by atoms with Gasteiger partial charge in [0.2, 0.25) is 5.91 Å². The van der Waals surface area contributed by atoms with Crippen LogP contribution in [0.2, 0.25) is 0 Å². The number of hydrogen-bond donors (Lipinski definition) is 1. The standard InChI is InChI=1S/C13H24N2O2/c1-3-12-10(5-7-17-12)13(16)15-6-4-9(2)11(14)8-15/h9-12H,3-8,14H2,1-2H3. The predicted molar refractivity (Wildman–Crippen MR) is 66.5 cm³/mol. The topological polar surface area (TPSA) is 55.6 Å². The molecule has 0 aromatic heterocycles. The van der Waals surface area contributed by atoms with Crippen LogP contribution in [0.1, 0.15) is 33.1 Å². The molecule has 2 fully saturated rings. The van der Waals surface area contributed by atoms with Crippen molar-refractivity contribution in [3.05, 3.63) is 0 Å². The second-order valence-corrected chi connectivity index (χ2v) is 5.43. The van der Waals surface area contributed by atoms with Gasteiger partial charge in [0.15, 0.2) is 0 Å². The molecule has 0 aromatic carbocycles. The van der Waals surface area contributed by atoms with Crippen LogP contribution in [0.5, 0.6) is 0 Å². The van der Waals surface area contributed by atoms with Gasteiger partial charge in [-0.15, -0.1) is 0 Å². The van der Waals surface area contributed by atoms with E-state index in [1.54, 1.807) is 0 Å². The van der Waals surface area contributed by atoms with E-state index < -0.39 is 0 Å². The highest BCUT2D eigenvalue weighted by Gasteiger charge is 2.37. The number of hydrogen-bond acceptors (Lipinski definition) is 3. The lowest BCUT2D eigenvalue weighted by molar-refractivity contribution is -0.139. The van der Waals surface area contributed by atoms with Crippen molar-refractivity contribution >= 4 is 5.91 Å². The summed E-state index contributed by atoms with van der Waals surface area (Å²) in [5, 5.41) is 0. The molecule has 0 aliphatic carbocycles. The van der Waals surface area contributed by atoms with Gasteiger partial charge in [-0.05, 0) is 25.2 Å². The van der Waals surface area contributed by atoms with Crippen LogP contribution in [0.15, 0.2) is 0 Å². The molecule has 4 atom stereocenters. The van der Waals surface area contributed by atoms with Gasteiger partial charge in [0, 0.05) is 25.7 Å². The van der Waals surface area contributed by atoms with Gasteiger partial charge < -0.3 is 15.4 Å². The Kier molecular flexibility index (Phi) is 4.05. The summed E-state index contributed by atoms with van der Waals surface area (Å²) in [5.74, 6) is 0.859. The van der Waals surface area contributed by atoms with Crippen molar-refractivity contribution in [2.45, 2.75) is 45.3 Å². The van der Waals surface area contributed by atoms with E-state index in [0.717, 1.165) is 32.4 Å². The molecule has 2 heterocycles. The Bertz CT molecular complexity index is 283. The van der Waals surface area contributed by atoms with Crippen LogP contribution in [0.25, 0.3) is 0 Å². The third-order valence-electron chi connectivity index (χ3n) is 4.26. The van der Waals surface area contributed by atoms with Gasteiger partial charge in [0.25, 0.3) is 0 Å². The summed E-state index contributed by atoms with van der Waals surface area (Å²) in [5.41, 5.74) is 6.05. The number of likely N-dealkylation sites (tertiary alicyclic amines) is 1. The highest BCUT2D eigenvalue weighted by molar-refractivity contribution is 5.79. The van der Waals surface area contributed by atoms with Crippen LogP contribution >= 0.6 is 0 Å². The molecule has 2 aliphatic rings. The highest BCUT2D eigenvalue weighted by atomic mass is 16.5. The average Bonchev–Trinajstić information content (AvgIpc) is 2.80. The number of ether oxygens (including phenoxy) is 1. The van der Waals surface area contributed by atoms with E-state index in [1.807, 2.05) is 4.90 Å². The Hall–Kier alpha value is -0.610. The summed E-state index contributed by atoms with van der Waals surface area (Å²) >= 11 is 0. The van der Waals surface area contributed by atoms with Gasteiger partial charge in [0.05, 0.1) is 12.0 Å². The molecule has 0 spiro atoms. The first-order valence-electron chi connectivity index (χ1n) is 6.79. The van der Waals surface area contributed by atoms with Crippen molar-refractivity contribution in [1.29, 1.82) is 0 Å². The third-order valence-corrected chi connectivity index (χ3v) is 4.26. The number of carbonyl (C=O) groups excluding carboxylic acids is 1. The molecular weight excluding hydrogens is 216 g/mol. The van der Waals surface area contributed by atoms with E-state index >= 15 is 0 Å². The maximum atomic E-state index is 12.4. The van der Waals surface area contributed by atoms with Crippen LogP contribution < -0.4 is 5.73 Å². The zero-order valence-electron chi connectivity index (χ0n) is 10.9.